The van der Waals surface area contributed by atoms with Gasteiger partial charge in [-0.3, -0.25) is 4.79 Å². The molecule has 0 spiro atoms. The number of amides is 1. The molecule has 29 heavy (non-hydrogen) atoms. The summed E-state index contributed by atoms with van der Waals surface area (Å²) in [6.07, 6.45) is 0.0508. The average molecular weight is 401 g/mol. The molecular weight excluding hydrogens is 374 g/mol. The average Bonchev–Trinajstić information content (AvgIpc) is 2.71. The van der Waals surface area contributed by atoms with Crippen LogP contribution in [0.1, 0.15) is 31.1 Å². The molecule has 2 rings (SSSR count). The van der Waals surface area contributed by atoms with Gasteiger partial charge in [0.1, 0.15) is 23.9 Å². The van der Waals surface area contributed by atoms with Crippen molar-refractivity contribution in [2.24, 2.45) is 0 Å². The third-order valence-electron chi connectivity index (χ3n) is 3.62. The van der Waals surface area contributed by atoms with Crippen molar-refractivity contribution in [3.63, 3.8) is 0 Å². The van der Waals surface area contributed by atoms with E-state index in [-0.39, 0.29) is 12.7 Å². The minimum Gasteiger partial charge on any atom is -0.494 e. The SMILES string of the molecule is CCOc1ccc(OCCNC(=O)COC(=O)c2ccc(OC(C)C)cc2)cc1. The van der Waals surface area contributed by atoms with Crippen LogP contribution >= 0.6 is 0 Å². The van der Waals surface area contributed by atoms with Crippen LogP contribution < -0.4 is 19.5 Å². The van der Waals surface area contributed by atoms with Crippen molar-refractivity contribution in [2.75, 3.05) is 26.4 Å². The minimum atomic E-state index is -0.568. The molecule has 0 unspecified atom stereocenters. The fraction of sp³-hybridized carbons (Fsp3) is 0.364. The van der Waals surface area contributed by atoms with Crippen LogP contribution in [0.3, 0.4) is 0 Å². The van der Waals surface area contributed by atoms with Gasteiger partial charge in [0.2, 0.25) is 0 Å². The Morgan fingerprint density at radius 1 is 0.897 bits per heavy atom. The Bertz CT molecular complexity index is 771. The Morgan fingerprint density at radius 2 is 1.48 bits per heavy atom. The molecule has 0 aromatic heterocycles. The van der Waals surface area contributed by atoms with E-state index >= 15 is 0 Å². The fourth-order valence-electron chi connectivity index (χ4n) is 2.37. The van der Waals surface area contributed by atoms with Crippen molar-refractivity contribution in [1.82, 2.24) is 5.32 Å². The quantitative estimate of drug-likeness (QED) is 0.460. The first kappa shape index (κ1) is 22.1. The maximum Gasteiger partial charge on any atom is 0.338 e. The standard InChI is InChI=1S/C22H27NO6/c1-4-26-18-9-11-19(12-10-18)27-14-13-23-21(24)15-28-22(25)17-5-7-20(8-6-17)29-16(2)3/h5-12,16H,4,13-15H2,1-3H3,(H,23,24). The molecule has 2 aromatic rings. The van der Waals surface area contributed by atoms with Gasteiger partial charge in [-0.1, -0.05) is 0 Å². The van der Waals surface area contributed by atoms with E-state index in [0.717, 1.165) is 5.75 Å². The summed E-state index contributed by atoms with van der Waals surface area (Å²) in [6.45, 7) is 6.60. The van der Waals surface area contributed by atoms with Gasteiger partial charge in [0.25, 0.3) is 5.91 Å². The smallest absolute Gasteiger partial charge is 0.338 e. The van der Waals surface area contributed by atoms with E-state index in [4.69, 9.17) is 18.9 Å². The first-order chi connectivity index (χ1) is 14.0. The van der Waals surface area contributed by atoms with Crippen LogP contribution in [0.25, 0.3) is 0 Å². The Morgan fingerprint density at radius 3 is 2.07 bits per heavy atom. The highest BCUT2D eigenvalue weighted by atomic mass is 16.5. The number of carbonyl (C=O) groups is 2. The first-order valence-corrected chi connectivity index (χ1v) is 9.54. The van der Waals surface area contributed by atoms with Crippen molar-refractivity contribution in [2.45, 2.75) is 26.9 Å². The van der Waals surface area contributed by atoms with Gasteiger partial charge < -0.3 is 24.3 Å². The number of hydrogen-bond donors (Lipinski definition) is 1. The molecule has 7 nitrogen and oxygen atoms in total. The largest absolute Gasteiger partial charge is 0.494 e. The second kappa shape index (κ2) is 11.6. The molecule has 0 bridgehead atoms. The normalized spacial score (nSPS) is 10.3. The van der Waals surface area contributed by atoms with Gasteiger partial charge in [0, 0.05) is 0 Å². The predicted octanol–water partition coefficient (Wildman–Crippen LogP) is 3.22. The molecule has 0 aliphatic carbocycles. The van der Waals surface area contributed by atoms with Gasteiger partial charge >= 0.3 is 5.97 Å². The van der Waals surface area contributed by atoms with E-state index in [0.29, 0.717) is 36.8 Å². The summed E-state index contributed by atoms with van der Waals surface area (Å²) in [5, 5.41) is 2.64. The van der Waals surface area contributed by atoms with E-state index in [1.807, 2.05) is 32.9 Å². The molecule has 0 heterocycles. The summed E-state index contributed by atoms with van der Waals surface area (Å²) in [7, 11) is 0. The minimum absolute atomic E-state index is 0.0508. The first-order valence-electron chi connectivity index (χ1n) is 9.54. The molecule has 156 valence electrons. The number of esters is 1. The van der Waals surface area contributed by atoms with E-state index in [2.05, 4.69) is 5.32 Å². The van der Waals surface area contributed by atoms with E-state index in [9.17, 15) is 9.59 Å². The Balaban J connectivity index is 1.64. The van der Waals surface area contributed by atoms with E-state index < -0.39 is 11.9 Å². The number of carbonyl (C=O) groups excluding carboxylic acids is 2. The number of hydrogen-bond acceptors (Lipinski definition) is 6. The summed E-state index contributed by atoms with van der Waals surface area (Å²) in [4.78, 5) is 23.8. The molecule has 0 aliphatic heterocycles. The maximum absolute atomic E-state index is 12.0. The summed E-state index contributed by atoms with van der Waals surface area (Å²) < 4.78 is 21.4. The van der Waals surface area contributed by atoms with Crippen LogP contribution in [-0.2, 0) is 9.53 Å². The molecule has 0 atom stereocenters. The molecule has 1 N–H and O–H groups in total. The van der Waals surface area contributed by atoms with Crippen LogP contribution in [0.4, 0.5) is 0 Å². The molecule has 1 amide bonds. The lowest BCUT2D eigenvalue weighted by Gasteiger charge is -2.10. The molecular formula is C22H27NO6. The second-order valence-corrected chi connectivity index (χ2v) is 6.37. The summed E-state index contributed by atoms with van der Waals surface area (Å²) >= 11 is 0. The summed E-state index contributed by atoms with van der Waals surface area (Å²) in [6, 6.07) is 13.8. The third kappa shape index (κ3) is 8.13. The van der Waals surface area contributed by atoms with Gasteiger partial charge in [-0.05, 0) is 69.3 Å². The molecule has 0 radical (unpaired) electrons. The number of ether oxygens (including phenoxy) is 4. The number of nitrogens with one attached hydrogen (secondary N) is 1. The molecule has 0 saturated carbocycles. The van der Waals surface area contributed by atoms with Crippen molar-refractivity contribution in [3.8, 4) is 17.2 Å². The number of benzene rings is 2. The zero-order valence-corrected chi connectivity index (χ0v) is 17.0. The molecule has 0 fully saturated rings. The van der Waals surface area contributed by atoms with Crippen LogP contribution in [0, 0.1) is 0 Å². The monoisotopic (exact) mass is 401 g/mol. The summed E-state index contributed by atoms with van der Waals surface area (Å²) in [5.41, 5.74) is 0.354. The van der Waals surface area contributed by atoms with Crippen molar-refractivity contribution < 1.29 is 28.5 Å². The summed E-state index contributed by atoms with van der Waals surface area (Å²) in [5.74, 6) is 1.16. The van der Waals surface area contributed by atoms with Gasteiger partial charge in [0.05, 0.1) is 24.8 Å². The van der Waals surface area contributed by atoms with Gasteiger partial charge in [-0.15, -0.1) is 0 Å². The molecule has 7 heteroatoms. The zero-order chi connectivity index (χ0) is 21.1. The fourth-order valence-corrected chi connectivity index (χ4v) is 2.37. The highest BCUT2D eigenvalue weighted by Crippen LogP contribution is 2.17. The van der Waals surface area contributed by atoms with Gasteiger partial charge in [-0.25, -0.2) is 4.79 Å². The highest BCUT2D eigenvalue weighted by molar-refractivity contribution is 5.91. The molecule has 2 aromatic carbocycles. The topological polar surface area (TPSA) is 83.1 Å². The lowest BCUT2D eigenvalue weighted by atomic mass is 10.2. The van der Waals surface area contributed by atoms with Crippen LogP contribution in [0.15, 0.2) is 48.5 Å². The Kier molecular flexibility index (Phi) is 8.82. The Labute approximate surface area is 170 Å². The van der Waals surface area contributed by atoms with Gasteiger partial charge in [-0.2, -0.15) is 0 Å². The zero-order valence-electron chi connectivity index (χ0n) is 17.0. The Hall–Kier alpha value is -3.22. The molecule has 0 aliphatic rings. The van der Waals surface area contributed by atoms with Crippen LogP contribution in [0.2, 0.25) is 0 Å². The predicted molar refractivity (Wildman–Crippen MR) is 109 cm³/mol. The van der Waals surface area contributed by atoms with Crippen molar-refractivity contribution in [1.29, 1.82) is 0 Å². The van der Waals surface area contributed by atoms with Gasteiger partial charge in [0.15, 0.2) is 6.61 Å². The van der Waals surface area contributed by atoms with Crippen molar-refractivity contribution in [3.05, 3.63) is 54.1 Å². The molecule has 0 saturated heterocycles. The second-order valence-electron chi connectivity index (χ2n) is 6.37. The van der Waals surface area contributed by atoms with Crippen LogP contribution in [0.5, 0.6) is 17.2 Å². The third-order valence-corrected chi connectivity index (χ3v) is 3.62. The lowest BCUT2D eigenvalue weighted by molar-refractivity contribution is -0.124. The van der Waals surface area contributed by atoms with E-state index in [1.54, 1.807) is 36.4 Å². The van der Waals surface area contributed by atoms with Crippen LogP contribution in [-0.4, -0.2) is 44.3 Å². The highest BCUT2D eigenvalue weighted by Gasteiger charge is 2.10. The van der Waals surface area contributed by atoms with E-state index in [1.165, 1.54) is 0 Å². The van der Waals surface area contributed by atoms with Crippen molar-refractivity contribution >= 4 is 11.9 Å². The maximum atomic E-state index is 12.0. The lowest BCUT2D eigenvalue weighted by Crippen LogP contribution is -2.32. The number of rotatable bonds is 11.